The first kappa shape index (κ1) is 26.7. The van der Waals surface area contributed by atoms with Crippen LogP contribution in [0, 0.1) is 0 Å². The van der Waals surface area contributed by atoms with E-state index >= 15 is 0 Å². The summed E-state index contributed by atoms with van der Waals surface area (Å²) in [6.07, 6.45) is 12.1. The number of carboxylic acid groups (broad SMARTS) is 2. The van der Waals surface area contributed by atoms with Gasteiger partial charge >= 0.3 is 126 Å². The molecule has 138 valence electrons. The molecule has 0 aliphatic carbocycles. The van der Waals surface area contributed by atoms with Crippen molar-refractivity contribution in [2.45, 2.75) is 76.9 Å². The van der Waals surface area contributed by atoms with Crippen molar-refractivity contribution in [1.29, 1.82) is 0 Å². The van der Waals surface area contributed by atoms with Gasteiger partial charge in [0.05, 0.1) is 6.42 Å². The van der Waals surface area contributed by atoms with Crippen molar-refractivity contribution in [2.75, 3.05) is 0 Å². The minimum absolute atomic E-state index is 1.11. The smallest absolute Gasteiger partial charge is 0.325 e. The Morgan fingerprint density at radius 2 is 1.33 bits per heavy atom. The molecule has 0 fully saturated rings. The van der Waals surface area contributed by atoms with Crippen molar-refractivity contribution in [3.8, 4) is 0 Å². The molecule has 0 aromatic carbocycles. The number of hydrogen-bond donors (Lipinski definition) is 3. The van der Waals surface area contributed by atoms with E-state index in [-0.39, 0.29) is 0 Å². The monoisotopic (exact) mass is 392 g/mol. The van der Waals surface area contributed by atoms with Crippen LogP contribution in [-0.2, 0) is 19.7 Å². The Morgan fingerprint density at radius 1 is 0.917 bits per heavy atom. The minimum atomic E-state index is -4.84. The molecule has 0 aliphatic rings. The van der Waals surface area contributed by atoms with Gasteiger partial charge in [-0.05, 0) is 0 Å². The Balaban J connectivity index is 0. The van der Waals surface area contributed by atoms with Gasteiger partial charge in [0, 0.05) is 0 Å². The first-order valence-corrected chi connectivity index (χ1v) is 12.3. The number of carboxylic acids is 2. The summed E-state index contributed by atoms with van der Waals surface area (Å²) in [6.45, 7) is 2.28. The quantitative estimate of drug-likeness (QED) is 0.250. The number of rotatable bonds is 13. The maximum absolute atomic E-state index is 10.2. The molecule has 7 nitrogen and oxygen atoms in total. The molecule has 0 aliphatic heterocycles. The predicted octanol–water partition coefficient (Wildman–Crippen LogP) is 2.91. The molecule has 0 aromatic heterocycles. The fourth-order valence-electron chi connectivity index (χ4n) is 2.04. The molecule has 0 spiro atoms. The van der Waals surface area contributed by atoms with Crippen LogP contribution in [0.2, 0.25) is 0.515 Å². The molecule has 0 amide bonds. The van der Waals surface area contributed by atoms with Crippen LogP contribution < -0.4 is 0 Å². The van der Waals surface area contributed by atoms with E-state index in [1.807, 2.05) is 0 Å². The Hall–Kier alpha value is 0.486. The second-order valence-electron chi connectivity index (χ2n) is 5.77. The SMILES string of the molecule is CCCCCCCCCC[CH2][K].O=C(O)CC(C(=O)O)S(=O)(=O)O. The van der Waals surface area contributed by atoms with Gasteiger partial charge in [-0.1, -0.05) is 0 Å². The molecule has 0 radical (unpaired) electrons. The summed E-state index contributed by atoms with van der Waals surface area (Å²) >= 11 is 1.11. The van der Waals surface area contributed by atoms with E-state index in [0.29, 0.717) is 0 Å². The number of unbranched alkanes of at least 4 members (excludes halogenated alkanes) is 8. The van der Waals surface area contributed by atoms with Gasteiger partial charge in [-0.25, -0.2) is 0 Å². The third kappa shape index (κ3) is 18.8. The summed E-state index contributed by atoms with van der Waals surface area (Å²) in [7, 11) is -4.84. The van der Waals surface area contributed by atoms with Gasteiger partial charge < -0.3 is 10.2 Å². The van der Waals surface area contributed by atoms with Gasteiger partial charge in [0.15, 0.2) is 5.25 Å². The van der Waals surface area contributed by atoms with Crippen molar-refractivity contribution in [3.63, 3.8) is 0 Å². The molecular weight excluding hydrogens is 363 g/mol. The van der Waals surface area contributed by atoms with Gasteiger partial charge in [-0.15, -0.1) is 0 Å². The molecule has 0 heterocycles. The van der Waals surface area contributed by atoms with E-state index in [9.17, 15) is 18.0 Å². The molecular formula is C15H29KO7S. The largest absolute Gasteiger partial charge is 0.481 e. The first-order chi connectivity index (χ1) is 11.2. The summed E-state index contributed by atoms with van der Waals surface area (Å²) in [5, 5.41) is 13.9. The normalized spacial score (nSPS) is 12.2. The van der Waals surface area contributed by atoms with Crippen LogP contribution in [0.4, 0.5) is 0 Å². The Morgan fingerprint density at radius 3 is 1.58 bits per heavy atom. The van der Waals surface area contributed by atoms with Gasteiger partial charge in [0.2, 0.25) is 0 Å². The molecule has 0 rings (SSSR count). The predicted molar refractivity (Wildman–Crippen MR) is 93.0 cm³/mol. The fraction of sp³-hybridized carbons (Fsp3) is 0.867. The van der Waals surface area contributed by atoms with Crippen LogP contribution in [0.5, 0.6) is 0 Å². The minimum Gasteiger partial charge on any atom is -0.481 e. The van der Waals surface area contributed by atoms with E-state index in [4.69, 9.17) is 14.8 Å². The second-order valence-corrected chi connectivity index (χ2v) is 8.93. The maximum atomic E-state index is 10.2. The molecule has 0 saturated carbocycles. The fourth-order valence-corrected chi connectivity index (χ4v) is 3.43. The van der Waals surface area contributed by atoms with Crippen LogP contribution in [0.1, 0.15) is 71.1 Å². The summed E-state index contributed by atoms with van der Waals surface area (Å²) in [4.78, 5) is 20.0. The number of hydrogen-bond acceptors (Lipinski definition) is 4. The Labute approximate surface area is 178 Å². The summed E-state index contributed by atoms with van der Waals surface area (Å²) in [5.41, 5.74) is 0. The van der Waals surface area contributed by atoms with E-state index in [0.717, 1.165) is 49.0 Å². The van der Waals surface area contributed by atoms with Crippen molar-refractivity contribution >= 4 is 71.0 Å². The summed E-state index contributed by atoms with van der Waals surface area (Å²) in [6, 6.07) is 0. The molecule has 1 unspecified atom stereocenters. The number of carbonyl (C=O) groups is 2. The van der Waals surface area contributed by atoms with Gasteiger partial charge in [-0.2, -0.15) is 8.42 Å². The van der Waals surface area contributed by atoms with Gasteiger partial charge in [0.1, 0.15) is 0 Å². The third-order valence-corrected chi connectivity index (χ3v) is 5.64. The van der Waals surface area contributed by atoms with E-state index in [1.54, 1.807) is 0.515 Å². The summed E-state index contributed by atoms with van der Waals surface area (Å²) in [5.74, 6) is -3.50. The molecule has 0 saturated heterocycles. The Kier molecular flexibility index (Phi) is 18.8. The van der Waals surface area contributed by atoms with Crippen LogP contribution in [-0.4, -0.2) is 89.3 Å². The van der Waals surface area contributed by atoms with Crippen LogP contribution in [0.3, 0.4) is 0 Å². The molecule has 3 N–H and O–H groups in total. The zero-order valence-electron chi connectivity index (χ0n) is 14.7. The standard InChI is InChI=1S/C11H23.C4H6O7S.K/c1-3-5-7-9-11-10-8-6-4-2;5-3(6)1-2(4(7)8)12(9,10)11;/h1,3-11H2,2H3;2H,1H2,(H,5,6)(H,7,8)(H,9,10,11);. The topological polar surface area (TPSA) is 129 Å². The van der Waals surface area contributed by atoms with Crippen LogP contribution in [0.25, 0.3) is 0 Å². The average molecular weight is 393 g/mol. The Bertz CT molecular complexity index is 427. The van der Waals surface area contributed by atoms with E-state index in [2.05, 4.69) is 6.92 Å². The molecule has 24 heavy (non-hydrogen) atoms. The van der Waals surface area contributed by atoms with Crippen molar-refractivity contribution in [3.05, 3.63) is 0 Å². The third-order valence-electron chi connectivity index (χ3n) is 3.45. The number of aliphatic carboxylic acids is 2. The van der Waals surface area contributed by atoms with E-state index < -0.39 is 33.7 Å². The van der Waals surface area contributed by atoms with Crippen LogP contribution >= 0.6 is 0 Å². The molecule has 1 atom stereocenters. The second kappa shape index (κ2) is 16.9. The zero-order valence-corrected chi connectivity index (χ0v) is 18.7. The van der Waals surface area contributed by atoms with Crippen LogP contribution in [0.15, 0.2) is 0 Å². The maximum Gasteiger partial charge on any atom is 0.325 e. The molecule has 9 heteroatoms. The average Bonchev–Trinajstić information content (AvgIpc) is 2.47. The molecule has 0 aromatic rings. The van der Waals surface area contributed by atoms with Crippen molar-refractivity contribution in [1.82, 2.24) is 0 Å². The van der Waals surface area contributed by atoms with E-state index in [1.165, 1.54) is 57.8 Å². The molecule has 0 bridgehead atoms. The summed E-state index contributed by atoms with van der Waals surface area (Å²) < 4.78 is 30.2. The van der Waals surface area contributed by atoms with Crippen molar-refractivity contribution in [2.24, 2.45) is 0 Å². The zero-order chi connectivity index (χ0) is 19.0. The first-order valence-electron chi connectivity index (χ1n) is 8.57. The van der Waals surface area contributed by atoms with Gasteiger partial charge in [0.25, 0.3) is 10.1 Å². The van der Waals surface area contributed by atoms with Crippen molar-refractivity contribution < 1.29 is 32.8 Å². The van der Waals surface area contributed by atoms with Gasteiger partial charge in [-0.3, -0.25) is 14.1 Å².